The molecule has 6 heteroatoms. The number of hydrogen-bond acceptors (Lipinski definition) is 2. The van der Waals surface area contributed by atoms with Gasteiger partial charge < -0.3 is 15.5 Å². The van der Waals surface area contributed by atoms with E-state index in [2.05, 4.69) is 10.6 Å². The average Bonchev–Trinajstić information content (AvgIpc) is 2.92. The molecule has 0 spiro atoms. The summed E-state index contributed by atoms with van der Waals surface area (Å²) in [4.78, 5) is 25.7. The van der Waals surface area contributed by atoms with Crippen LogP contribution in [0, 0.1) is 11.7 Å². The second-order valence-corrected chi connectivity index (χ2v) is 6.34. The van der Waals surface area contributed by atoms with Gasteiger partial charge in [0, 0.05) is 38.0 Å². The SMILES string of the molecule is CCC(CC)NC(=O)NC[C@H]1CC(=O)N(Cc2ccc(F)cc2)C1. The number of likely N-dealkylation sites (tertiary alicyclic amines) is 1. The number of halogens is 1. The van der Waals surface area contributed by atoms with Crippen LogP contribution in [0.4, 0.5) is 9.18 Å². The van der Waals surface area contributed by atoms with Gasteiger partial charge in [-0.15, -0.1) is 0 Å². The van der Waals surface area contributed by atoms with Crippen molar-refractivity contribution in [2.45, 2.75) is 45.7 Å². The van der Waals surface area contributed by atoms with Crippen LogP contribution in [-0.2, 0) is 11.3 Å². The van der Waals surface area contributed by atoms with E-state index in [1.165, 1.54) is 12.1 Å². The fourth-order valence-corrected chi connectivity index (χ4v) is 2.92. The van der Waals surface area contributed by atoms with Gasteiger partial charge in [-0.05, 0) is 30.5 Å². The van der Waals surface area contributed by atoms with Crippen LogP contribution in [0.1, 0.15) is 38.7 Å². The van der Waals surface area contributed by atoms with Gasteiger partial charge in [0.2, 0.25) is 5.91 Å². The van der Waals surface area contributed by atoms with Crippen molar-refractivity contribution in [1.29, 1.82) is 0 Å². The highest BCUT2D eigenvalue weighted by Crippen LogP contribution is 2.19. The summed E-state index contributed by atoms with van der Waals surface area (Å²) < 4.78 is 12.9. The fourth-order valence-electron chi connectivity index (χ4n) is 2.92. The first-order valence-electron chi connectivity index (χ1n) is 8.58. The summed E-state index contributed by atoms with van der Waals surface area (Å²) in [6, 6.07) is 6.20. The van der Waals surface area contributed by atoms with Gasteiger partial charge in [-0.3, -0.25) is 4.79 Å². The molecule has 1 aromatic carbocycles. The maximum Gasteiger partial charge on any atom is 0.315 e. The molecule has 24 heavy (non-hydrogen) atoms. The van der Waals surface area contributed by atoms with Crippen LogP contribution in [0.25, 0.3) is 0 Å². The topological polar surface area (TPSA) is 61.4 Å². The lowest BCUT2D eigenvalue weighted by atomic mass is 10.1. The molecule has 2 rings (SSSR count). The molecule has 2 N–H and O–H groups in total. The summed E-state index contributed by atoms with van der Waals surface area (Å²) >= 11 is 0. The highest BCUT2D eigenvalue weighted by Gasteiger charge is 2.29. The molecule has 0 aromatic heterocycles. The molecule has 1 aliphatic heterocycles. The maximum atomic E-state index is 12.9. The number of hydrogen-bond donors (Lipinski definition) is 2. The number of nitrogens with one attached hydrogen (secondary N) is 2. The van der Waals surface area contributed by atoms with Crippen molar-refractivity contribution in [2.75, 3.05) is 13.1 Å². The van der Waals surface area contributed by atoms with Crippen molar-refractivity contribution in [1.82, 2.24) is 15.5 Å². The Morgan fingerprint density at radius 3 is 2.58 bits per heavy atom. The molecule has 1 heterocycles. The van der Waals surface area contributed by atoms with E-state index in [1.807, 2.05) is 13.8 Å². The lowest BCUT2D eigenvalue weighted by Crippen LogP contribution is -2.43. The van der Waals surface area contributed by atoms with Gasteiger partial charge in [-0.1, -0.05) is 26.0 Å². The van der Waals surface area contributed by atoms with Crippen molar-refractivity contribution in [3.05, 3.63) is 35.6 Å². The molecule has 5 nitrogen and oxygen atoms in total. The van der Waals surface area contributed by atoms with Gasteiger partial charge in [-0.25, -0.2) is 9.18 Å². The minimum Gasteiger partial charge on any atom is -0.338 e. The maximum absolute atomic E-state index is 12.9. The largest absolute Gasteiger partial charge is 0.338 e. The number of amides is 3. The second-order valence-electron chi connectivity index (χ2n) is 6.34. The van der Waals surface area contributed by atoms with E-state index in [9.17, 15) is 14.0 Å². The Balaban J connectivity index is 1.77. The number of benzene rings is 1. The molecule has 0 radical (unpaired) electrons. The van der Waals surface area contributed by atoms with Gasteiger partial charge in [0.15, 0.2) is 0 Å². The van der Waals surface area contributed by atoms with Gasteiger partial charge in [0.25, 0.3) is 0 Å². The molecule has 1 saturated heterocycles. The Bertz CT molecular complexity index is 558. The first kappa shape index (κ1) is 18.2. The summed E-state index contributed by atoms with van der Waals surface area (Å²) in [6.45, 7) is 5.66. The van der Waals surface area contributed by atoms with Gasteiger partial charge in [-0.2, -0.15) is 0 Å². The van der Waals surface area contributed by atoms with Crippen LogP contribution in [-0.4, -0.2) is 36.0 Å². The molecule has 0 aliphatic carbocycles. The van der Waals surface area contributed by atoms with Crippen LogP contribution >= 0.6 is 0 Å². The van der Waals surface area contributed by atoms with Gasteiger partial charge >= 0.3 is 6.03 Å². The van der Waals surface area contributed by atoms with E-state index >= 15 is 0 Å². The summed E-state index contributed by atoms with van der Waals surface area (Å²) in [7, 11) is 0. The minimum absolute atomic E-state index is 0.0755. The van der Waals surface area contributed by atoms with Gasteiger partial charge in [0.1, 0.15) is 5.82 Å². The molecule has 1 fully saturated rings. The standard InChI is InChI=1S/C18H26FN3O2/c1-3-16(4-2)21-18(24)20-10-14-9-17(23)22(12-14)11-13-5-7-15(19)8-6-13/h5-8,14,16H,3-4,9-12H2,1-2H3,(H2,20,21,24)/t14-/m1/s1. The lowest BCUT2D eigenvalue weighted by molar-refractivity contribution is -0.128. The molecular weight excluding hydrogens is 309 g/mol. The lowest BCUT2D eigenvalue weighted by Gasteiger charge is -2.18. The van der Waals surface area contributed by atoms with Crippen molar-refractivity contribution < 1.29 is 14.0 Å². The Morgan fingerprint density at radius 2 is 1.96 bits per heavy atom. The van der Waals surface area contributed by atoms with Crippen LogP contribution in [0.2, 0.25) is 0 Å². The zero-order valence-corrected chi connectivity index (χ0v) is 14.3. The third-order valence-corrected chi connectivity index (χ3v) is 4.45. The van der Waals surface area contributed by atoms with Gasteiger partial charge in [0.05, 0.1) is 0 Å². The molecule has 0 saturated carbocycles. The fraction of sp³-hybridized carbons (Fsp3) is 0.556. The number of carbonyl (C=O) groups excluding carboxylic acids is 2. The Labute approximate surface area is 142 Å². The van der Waals surface area contributed by atoms with Crippen molar-refractivity contribution in [3.63, 3.8) is 0 Å². The van der Waals surface area contributed by atoms with E-state index < -0.39 is 0 Å². The minimum atomic E-state index is -0.281. The predicted molar refractivity (Wildman–Crippen MR) is 90.8 cm³/mol. The molecule has 1 aromatic rings. The van der Waals surface area contributed by atoms with Crippen molar-refractivity contribution >= 4 is 11.9 Å². The zero-order chi connectivity index (χ0) is 17.5. The normalized spacial score (nSPS) is 17.4. The van der Waals surface area contributed by atoms with E-state index in [1.54, 1.807) is 17.0 Å². The van der Waals surface area contributed by atoms with Crippen molar-refractivity contribution in [3.8, 4) is 0 Å². The Kier molecular flexibility index (Phi) is 6.58. The van der Waals surface area contributed by atoms with E-state index in [0.29, 0.717) is 26.1 Å². The van der Waals surface area contributed by atoms with Crippen LogP contribution in [0.15, 0.2) is 24.3 Å². The number of rotatable bonds is 7. The molecule has 3 amide bonds. The number of urea groups is 1. The monoisotopic (exact) mass is 335 g/mol. The molecule has 0 bridgehead atoms. The zero-order valence-electron chi connectivity index (χ0n) is 14.3. The van der Waals surface area contributed by atoms with E-state index in [4.69, 9.17) is 0 Å². The Hall–Kier alpha value is -2.11. The molecule has 132 valence electrons. The highest BCUT2D eigenvalue weighted by atomic mass is 19.1. The average molecular weight is 335 g/mol. The molecule has 1 atom stereocenters. The summed E-state index contributed by atoms with van der Waals surface area (Å²) in [5.74, 6) is -0.0889. The van der Waals surface area contributed by atoms with Crippen LogP contribution in [0.5, 0.6) is 0 Å². The first-order valence-corrected chi connectivity index (χ1v) is 8.58. The smallest absolute Gasteiger partial charge is 0.315 e. The third-order valence-electron chi connectivity index (χ3n) is 4.45. The summed E-state index contributed by atoms with van der Waals surface area (Å²) in [5.41, 5.74) is 0.907. The predicted octanol–water partition coefficient (Wildman–Crippen LogP) is 2.66. The van der Waals surface area contributed by atoms with Crippen LogP contribution in [0.3, 0.4) is 0 Å². The highest BCUT2D eigenvalue weighted by molar-refractivity contribution is 5.79. The van der Waals surface area contributed by atoms with E-state index in [-0.39, 0.29) is 29.7 Å². The van der Waals surface area contributed by atoms with Crippen LogP contribution < -0.4 is 10.6 Å². The number of nitrogens with zero attached hydrogens (tertiary/aromatic N) is 1. The Morgan fingerprint density at radius 1 is 1.29 bits per heavy atom. The molecule has 1 aliphatic rings. The summed E-state index contributed by atoms with van der Waals surface area (Å²) in [5, 5.41) is 5.78. The molecule has 0 unspecified atom stereocenters. The van der Waals surface area contributed by atoms with E-state index in [0.717, 1.165) is 18.4 Å². The second kappa shape index (κ2) is 8.66. The first-order chi connectivity index (χ1) is 11.5. The quantitative estimate of drug-likeness (QED) is 0.805. The third kappa shape index (κ3) is 5.22. The number of carbonyl (C=O) groups is 2. The van der Waals surface area contributed by atoms with Crippen molar-refractivity contribution in [2.24, 2.45) is 5.92 Å². The molecular formula is C18H26FN3O2. The summed E-state index contributed by atoms with van der Waals surface area (Å²) in [6.07, 6.45) is 2.24.